The molecule has 2 aromatic rings. The lowest BCUT2D eigenvalue weighted by Gasteiger charge is -2.15. The number of ether oxygens (including phenoxy) is 1. The van der Waals surface area contributed by atoms with Crippen LogP contribution in [0.5, 0.6) is 0 Å². The maximum absolute atomic E-state index is 5.07. The van der Waals surface area contributed by atoms with Gasteiger partial charge in [-0.25, -0.2) is 4.98 Å². The lowest BCUT2D eigenvalue weighted by atomic mass is 10.1. The molecule has 0 fully saturated rings. The van der Waals surface area contributed by atoms with Crippen LogP contribution in [0.25, 0.3) is 0 Å². The monoisotopic (exact) mass is 246 g/mol. The van der Waals surface area contributed by atoms with Gasteiger partial charge in [0.25, 0.3) is 0 Å². The minimum absolute atomic E-state index is 0.169. The van der Waals surface area contributed by atoms with Gasteiger partial charge in [0, 0.05) is 38.4 Å². The van der Waals surface area contributed by atoms with Crippen molar-refractivity contribution >= 4 is 5.95 Å². The molecule has 0 amide bonds. The summed E-state index contributed by atoms with van der Waals surface area (Å²) in [5.41, 5.74) is 1.14. The Morgan fingerprint density at radius 1 is 1.44 bits per heavy atom. The summed E-state index contributed by atoms with van der Waals surface area (Å²) in [7, 11) is 1.70. The lowest BCUT2D eigenvalue weighted by Crippen LogP contribution is -2.13. The zero-order valence-electron chi connectivity index (χ0n) is 10.7. The molecule has 5 nitrogen and oxygen atoms in total. The van der Waals surface area contributed by atoms with Crippen LogP contribution in [0, 0.1) is 0 Å². The fraction of sp³-hybridized carbons (Fsp3) is 0.385. The SMILES string of the molecule is COCCn1ccnc1NC(C)c1cccnc1. The zero-order valence-corrected chi connectivity index (χ0v) is 10.7. The number of pyridine rings is 1. The third kappa shape index (κ3) is 3.07. The smallest absolute Gasteiger partial charge is 0.203 e. The zero-order chi connectivity index (χ0) is 12.8. The Hall–Kier alpha value is -1.88. The molecule has 0 aliphatic rings. The molecule has 96 valence electrons. The molecule has 1 unspecified atom stereocenters. The van der Waals surface area contributed by atoms with Gasteiger partial charge in [-0.3, -0.25) is 4.98 Å². The van der Waals surface area contributed by atoms with Crippen LogP contribution in [0.3, 0.4) is 0 Å². The molecule has 5 heteroatoms. The first-order valence-corrected chi connectivity index (χ1v) is 5.98. The van der Waals surface area contributed by atoms with Gasteiger partial charge in [-0.1, -0.05) is 6.07 Å². The lowest BCUT2D eigenvalue weighted by molar-refractivity contribution is 0.187. The van der Waals surface area contributed by atoms with E-state index in [1.54, 1.807) is 19.5 Å². The fourth-order valence-electron chi connectivity index (χ4n) is 1.73. The highest BCUT2D eigenvalue weighted by atomic mass is 16.5. The Morgan fingerprint density at radius 3 is 3.06 bits per heavy atom. The molecule has 18 heavy (non-hydrogen) atoms. The highest BCUT2D eigenvalue weighted by molar-refractivity contribution is 5.31. The first-order valence-electron chi connectivity index (χ1n) is 5.98. The van der Waals surface area contributed by atoms with Crippen molar-refractivity contribution < 1.29 is 4.74 Å². The summed E-state index contributed by atoms with van der Waals surface area (Å²) in [4.78, 5) is 8.43. The topological polar surface area (TPSA) is 52.0 Å². The predicted octanol–water partition coefficient (Wildman–Crippen LogP) is 2.10. The fourth-order valence-corrected chi connectivity index (χ4v) is 1.73. The second-order valence-electron chi connectivity index (χ2n) is 4.09. The van der Waals surface area contributed by atoms with Gasteiger partial charge in [0.05, 0.1) is 12.6 Å². The van der Waals surface area contributed by atoms with E-state index in [0.717, 1.165) is 18.1 Å². The number of nitrogens with one attached hydrogen (secondary N) is 1. The van der Waals surface area contributed by atoms with E-state index in [0.29, 0.717) is 6.61 Å². The number of hydrogen-bond acceptors (Lipinski definition) is 4. The third-order valence-electron chi connectivity index (χ3n) is 2.78. The van der Waals surface area contributed by atoms with Crippen LogP contribution in [0.2, 0.25) is 0 Å². The van der Waals surface area contributed by atoms with Crippen molar-refractivity contribution in [3.05, 3.63) is 42.5 Å². The van der Waals surface area contributed by atoms with Crippen molar-refractivity contribution in [2.24, 2.45) is 0 Å². The molecule has 1 atom stereocenters. The van der Waals surface area contributed by atoms with E-state index < -0.39 is 0 Å². The van der Waals surface area contributed by atoms with Crippen molar-refractivity contribution in [2.75, 3.05) is 19.0 Å². The van der Waals surface area contributed by atoms with Crippen molar-refractivity contribution in [1.82, 2.24) is 14.5 Å². The van der Waals surface area contributed by atoms with E-state index in [-0.39, 0.29) is 6.04 Å². The van der Waals surface area contributed by atoms with Gasteiger partial charge in [0.2, 0.25) is 5.95 Å². The van der Waals surface area contributed by atoms with Gasteiger partial charge in [-0.2, -0.15) is 0 Å². The van der Waals surface area contributed by atoms with Crippen LogP contribution in [0.1, 0.15) is 18.5 Å². The Kier molecular flexibility index (Phi) is 4.30. The number of imidazole rings is 1. The molecule has 1 N–H and O–H groups in total. The number of anilines is 1. The second-order valence-corrected chi connectivity index (χ2v) is 4.09. The van der Waals surface area contributed by atoms with Gasteiger partial charge in [0.15, 0.2) is 0 Å². The normalized spacial score (nSPS) is 12.3. The van der Waals surface area contributed by atoms with E-state index in [4.69, 9.17) is 4.74 Å². The van der Waals surface area contributed by atoms with Gasteiger partial charge in [0.1, 0.15) is 0 Å². The van der Waals surface area contributed by atoms with Crippen LogP contribution in [-0.2, 0) is 11.3 Å². The van der Waals surface area contributed by atoms with Crippen LogP contribution in [0.15, 0.2) is 36.9 Å². The predicted molar refractivity (Wildman–Crippen MR) is 70.4 cm³/mol. The molecule has 2 rings (SSSR count). The molecular formula is C13H18N4O. The highest BCUT2D eigenvalue weighted by Gasteiger charge is 2.08. The van der Waals surface area contributed by atoms with Crippen molar-refractivity contribution in [1.29, 1.82) is 0 Å². The summed E-state index contributed by atoms with van der Waals surface area (Å²) in [6.07, 6.45) is 7.36. The molecule has 0 aromatic carbocycles. The van der Waals surface area contributed by atoms with Crippen LogP contribution in [0.4, 0.5) is 5.95 Å². The summed E-state index contributed by atoms with van der Waals surface area (Å²) >= 11 is 0. The van der Waals surface area contributed by atoms with Crippen molar-refractivity contribution in [2.45, 2.75) is 19.5 Å². The van der Waals surface area contributed by atoms with Crippen LogP contribution in [-0.4, -0.2) is 28.3 Å². The Balaban J connectivity index is 2.03. The summed E-state index contributed by atoms with van der Waals surface area (Å²) in [5, 5.41) is 3.37. The van der Waals surface area contributed by atoms with E-state index >= 15 is 0 Å². The van der Waals surface area contributed by atoms with E-state index in [1.165, 1.54) is 0 Å². The van der Waals surface area contributed by atoms with Gasteiger partial charge in [-0.05, 0) is 18.6 Å². The number of methoxy groups -OCH3 is 1. The molecule has 0 radical (unpaired) electrons. The minimum Gasteiger partial charge on any atom is -0.383 e. The number of hydrogen-bond donors (Lipinski definition) is 1. The first kappa shape index (κ1) is 12.6. The highest BCUT2D eigenvalue weighted by Crippen LogP contribution is 2.16. The summed E-state index contributed by atoms with van der Waals surface area (Å²) < 4.78 is 7.11. The van der Waals surface area contributed by atoms with Gasteiger partial charge < -0.3 is 14.6 Å². The molecule has 0 bridgehead atoms. The van der Waals surface area contributed by atoms with Crippen LogP contribution < -0.4 is 5.32 Å². The Morgan fingerprint density at radius 2 is 2.33 bits per heavy atom. The molecule has 0 saturated heterocycles. The maximum Gasteiger partial charge on any atom is 0.203 e. The van der Waals surface area contributed by atoms with Gasteiger partial charge >= 0.3 is 0 Å². The average molecular weight is 246 g/mol. The third-order valence-corrected chi connectivity index (χ3v) is 2.78. The van der Waals surface area contributed by atoms with Gasteiger partial charge in [-0.15, -0.1) is 0 Å². The largest absolute Gasteiger partial charge is 0.383 e. The molecule has 0 spiro atoms. The summed E-state index contributed by atoms with van der Waals surface area (Å²) in [6, 6.07) is 4.15. The molecule has 0 aliphatic heterocycles. The number of nitrogens with zero attached hydrogens (tertiary/aromatic N) is 3. The maximum atomic E-state index is 5.07. The molecule has 2 aromatic heterocycles. The second kappa shape index (κ2) is 6.16. The molecule has 2 heterocycles. The summed E-state index contributed by atoms with van der Waals surface area (Å²) in [6.45, 7) is 3.55. The molecule has 0 aliphatic carbocycles. The van der Waals surface area contributed by atoms with Crippen molar-refractivity contribution in [3.8, 4) is 0 Å². The van der Waals surface area contributed by atoms with E-state index in [1.807, 2.05) is 29.1 Å². The number of rotatable bonds is 6. The molecule has 0 saturated carbocycles. The Labute approximate surface area is 107 Å². The van der Waals surface area contributed by atoms with E-state index in [2.05, 4.69) is 22.2 Å². The van der Waals surface area contributed by atoms with E-state index in [9.17, 15) is 0 Å². The first-order chi connectivity index (χ1) is 8.81. The standard InChI is InChI=1S/C13H18N4O/c1-11(12-4-3-5-14-10-12)16-13-15-6-7-17(13)8-9-18-2/h3-7,10-11H,8-9H2,1-2H3,(H,15,16). The number of aromatic nitrogens is 3. The van der Waals surface area contributed by atoms with Crippen molar-refractivity contribution in [3.63, 3.8) is 0 Å². The molecular weight excluding hydrogens is 228 g/mol. The quantitative estimate of drug-likeness (QED) is 0.848. The Bertz CT molecular complexity index is 469. The minimum atomic E-state index is 0.169. The van der Waals surface area contributed by atoms with Crippen LogP contribution >= 0.6 is 0 Å². The average Bonchev–Trinajstić information content (AvgIpc) is 2.84. The summed E-state index contributed by atoms with van der Waals surface area (Å²) in [5.74, 6) is 0.850.